The second-order valence-corrected chi connectivity index (χ2v) is 7.62. The molecule has 0 amide bonds. The van der Waals surface area contributed by atoms with Crippen molar-refractivity contribution in [2.75, 3.05) is 30.8 Å². The Morgan fingerprint density at radius 3 is 3.00 bits per heavy atom. The van der Waals surface area contributed by atoms with Gasteiger partial charge in [0.2, 0.25) is 10.0 Å². The summed E-state index contributed by atoms with van der Waals surface area (Å²) in [4.78, 5) is 0. The molecule has 2 aliphatic rings. The van der Waals surface area contributed by atoms with Gasteiger partial charge in [-0.3, -0.25) is 0 Å². The van der Waals surface area contributed by atoms with E-state index in [2.05, 4.69) is 22.2 Å². The molecule has 1 fully saturated rings. The van der Waals surface area contributed by atoms with Crippen LogP contribution in [0.5, 0.6) is 0 Å². The number of hydrogen-bond acceptors (Lipinski definition) is 4. The highest BCUT2D eigenvalue weighted by atomic mass is 32.2. The Morgan fingerprint density at radius 1 is 1.33 bits per heavy atom. The summed E-state index contributed by atoms with van der Waals surface area (Å²) < 4.78 is 32.1. The number of nitrogens with one attached hydrogen (secondary N) is 2. The minimum atomic E-state index is -3.23. The van der Waals surface area contributed by atoms with E-state index < -0.39 is 10.0 Å². The number of anilines is 1. The van der Waals surface area contributed by atoms with Gasteiger partial charge in [-0.1, -0.05) is 18.2 Å². The van der Waals surface area contributed by atoms with Crippen LogP contribution in [0.25, 0.3) is 0 Å². The first-order chi connectivity index (χ1) is 10.1. The SMILES string of the molecule is O=S(=O)(CC1CCCO1)NCCC1CNc2ccccc21. The molecule has 2 unspecified atom stereocenters. The number of rotatable bonds is 6. The molecular weight excluding hydrogens is 288 g/mol. The van der Waals surface area contributed by atoms with Crippen LogP contribution < -0.4 is 10.0 Å². The van der Waals surface area contributed by atoms with Crippen molar-refractivity contribution in [3.63, 3.8) is 0 Å². The number of para-hydroxylation sites is 1. The van der Waals surface area contributed by atoms with E-state index in [4.69, 9.17) is 4.74 Å². The first kappa shape index (κ1) is 14.8. The molecule has 2 atom stereocenters. The van der Waals surface area contributed by atoms with Crippen LogP contribution in [0.3, 0.4) is 0 Å². The summed E-state index contributed by atoms with van der Waals surface area (Å²) in [5.74, 6) is 0.471. The molecule has 2 aliphatic heterocycles. The van der Waals surface area contributed by atoms with Crippen molar-refractivity contribution >= 4 is 15.7 Å². The Bertz CT molecular complexity index is 582. The van der Waals surface area contributed by atoms with Crippen molar-refractivity contribution in [2.24, 2.45) is 0 Å². The third-order valence-electron chi connectivity index (χ3n) is 4.18. The van der Waals surface area contributed by atoms with Gasteiger partial charge in [0.05, 0.1) is 11.9 Å². The van der Waals surface area contributed by atoms with E-state index in [0.29, 0.717) is 19.1 Å². The molecule has 0 radical (unpaired) electrons. The molecule has 0 spiro atoms. The summed E-state index contributed by atoms with van der Waals surface area (Å²) >= 11 is 0. The van der Waals surface area contributed by atoms with Gasteiger partial charge in [-0.15, -0.1) is 0 Å². The van der Waals surface area contributed by atoms with Crippen LogP contribution in [0.4, 0.5) is 5.69 Å². The summed E-state index contributed by atoms with van der Waals surface area (Å²) in [6.45, 7) is 2.05. The molecular formula is C15H22N2O3S. The maximum Gasteiger partial charge on any atom is 0.214 e. The molecule has 0 aliphatic carbocycles. The number of fused-ring (bicyclic) bond motifs is 1. The van der Waals surface area contributed by atoms with E-state index in [-0.39, 0.29) is 11.9 Å². The zero-order valence-corrected chi connectivity index (χ0v) is 12.9. The minimum Gasteiger partial charge on any atom is -0.384 e. The predicted molar refractivity (Wildman–Crippen MR) is 83.1 cm³/mol. The zero-order valence-electron chi connectivity index (χ0n) is 12.0. The second kappa shape index (κ2) is 6.34. The van der Waals surface area contributed by atoms with Gasteiger partial charge in [0, 0.05) is 31.3 Å². The topological polar surface area (TPSA) is 67.4 Å². The van der Waals surface area contributed by atoms with Crippen molar-refractivity contribution in [1.29, 1.82) is 0 Å². The van der Waals surface area contributed by atoms with Gasteiger partial charge in [-0.2, -0.15) is 0 Å². The maximum atomic E-state index is 12.0. The van der Waals surface area contributed by atoms with E-state index in [1.807, 2.05) is 12.1 Å². The molecule has 2 N–H and O–H groups in total. The molecule has 0 aromatic heterocycles. The van der Waals surface area contributed by atoms with Crippen LogP contribution in [-0.4, -0.2) is 40.0 Å². The van der Waals surface area contributed by atoms with Crippen LogP contribution in [0.1, 0.15) is 30.7 Å². The molecule has 6 heteroatoms. The largest absolute Gasteiger partial charge is 0.384 e. The molecule has 0 saturated carbocycles. The monoisotopic (exact) mass is 310 g/mol. The molecule has 2 heterocycles. The van der Waals surface area contributed by atoms with Crippen molar-refractivity contribution < 1.29 is 13.2 Å². The highest BCUT2D eigenvalue weighted by Crippen LogP contribution is 2.32. The highest BCUT2D eigenvalue weighted by molar-refractivity contribution is 7.89. The lowest BCUT2D eigenvalue weighted by atomic mass is 9.98. The third kappa shape index (κ3) is 3.75. The second-order valence-electron chi connectivity index (χ2n) is 5.76. The van der Waals surface area contributed by atoms with Gasteiger partial charge in [0.15, 0.2) is 0 Å². The van der Waals surface area contributed by atoms with Gasteiger partial charge in [-0.25, -0.2) is 13.1 Å². The van der Waals surface area contributed by atoms with E-state index >= 15 is 0 Å². The lowest BCUT2D eigenvalue weighted by Gasteiger charge is -2.13. The normalized spacial score (nSPS) is 24.8. The average molecular weight is 310 g/mol. The first-order valence-corrected chi connectivity index (χ1v) is 9.21. The number of benzene rings is 1. The lowest BCUT2D eigenvalue weighted by Crippen LogP contribution is -2.33. The van der Waals surface area contributed by atoms with Crippen molar-refractivity contribution in [3.05, 3.63) is 29.8 Å². The Labute approximate surface area is 126 Å². The Hall–Kier alpha value is -1.11. The summed E-state index contributed by atoms with van der Waals surface area (Å²) in [6.07, 6.45) is 2.50. The smallest absolute Gasteiger partial charge is 0.214 e. The molecule has 1 saturated heterocycles. The molecule has 5 nitrogen and oxygen atoms in total. The Kier molecular flexibility index (Phi) is 4.47. The number of hydrogen-bond donors (Lipinski definition) is 2. The molecule has 0 bridgehead atoms. The number of sulfonamides is 1. The number of ether oxygens (including phenoxy) is 1. The van der Waals surface area contributed by atoms with Crippen LogP contribution in [0.15, 0.2) is 24.3 Å². The fourth-order valence-electron chi connectivity index (χ4n) is 3.08. The van der Waals surface area contributed by atoms with Crippen molar-refractivity contribution in [2.45, 2.75) is 31.3 Å². The fraction of sp³-hybridized carbons (Fsp3) is 0.600. The fourth-order valence-corrected chi connectivity index (χ4v) is 4.38. The van der Waals surface area contributed by atoms with Gasteiger partial charge in [-0.05, 0) is 30.9 Å². The third-order valence-corrected chi connectivity index (χ3v) is 5.64. The molecule has 1 aromatic carbocycles. The van der Waals surface area contributed by atoms with E-state index in [9.17, 15) is 8.42 Å². The van der Waals surface area contributed by atoms with Crippen LogP contribution in [-0.2, 0) is 14.8 Å². The summed E-state index contributed by atoms with van der Waals surface area (Å²) in [5, 5.41) is 3.36. The maximum absolute atomic E-state index is 12.0. The van der Waals surface area contributed by atoms with Crippen molar-refractivity contribution in [3.8, 4) is 0 Å². The van der Waals surface area contributed by atoms with Crippen LogP contribution in [0.2, 0.25) is 0 Å². The quantitative estimate of drug-likeness (QED) is 0.839. The van der Waals surface area contributed by atoms with E-state index in [0.717, 1.165) is 25.8 Å². The van der Waals surface area contributed by atoms with Crippen LogP contribution >= 0.6 is 0 Å². The molecule has 21 heavy (non-hydrogen) atoms. The Morgan fingerprint density at radius 2 is 2.19 bits per heavy atom. The summed E-state index contributed by atoms with van der Waals surface area (Å²) in [6, 6.07) is 8.22. The minimum absolute atomic E-state index is 0.0898. The summed E-state index contributed by atoms with van der Waals surface area (Å²) in [7, 11) is -3.23. The highest BCUT2D eigenvalue weighted by Gasteiger charge is 2.24. The van der Waals surface area contributed by atoms with E-state index in [1.165, 1.54) is 11.3 Å². The van der Waals surface area contributed by atoms with Crippen LogP contribution in [0, 0.1) is 0 Å². The molecule has 116 valence electrons. The Balaban J connectivity index is 1.48. The summed E-state index contributed by atoms with van der Waals surface area (Å²) in [5.41, 5.74) is 2.46. The average Bonchev–Trinajstić information content (AvgIpc) is 3.08. The van der Waals surface area contributed by atoms with Gasteiger partial charge in [0.1, 0.15) is 0 Å². The van der Waals surface area contributed by atoms with Crippen molar-refractivity contribution in [1.82, 2.24) is 4.72 Å². The predicted octanol–water partition coefficient (Wildman–Crippen LogP) is 1.68. The zero-order chi connectivity index (χ0) is 14.7. The standard InChI is InChI=1S/C15H22N2O3S/c18-21(19,11-13-4-3-9-20-13)17-8-7-12-10-16-15-6-2-1-5-14(12)15/h1-2,5-6,12-13,16-17H,3-4,7-11H2. The van der Waals surface area contributed by atoms with Gasteiger partial charge in [0.25, 0.3) is 0 Å². The van der Waals surface area contributed by atoms with Gasteiger partial charge < -0.3 is 10.1 Å². The molecule has 3 rings (SSSR count). The lowest BCUT2D eigenvalue weighted by molar-refractivity contribution is 0.127. The van der Waals surface area contributed by atoms with E-state index in [1.54, 1.807) is 0 Å². The molecule has 1 aromatic rings. The first-order valence-electron chi connectivity index (χ1n) is 7.56. The van der Waals surface area contributed by atoms with Gasteiger partial charge >= 0.3 is 0 Å².